The van der Waals surface area contributed by atoms with Crippen molar-refractivity contribution in [1.29, 1.82) is 0 Å². The van der Waals surface area contributed by atoms with Crippen LogP contribution in [0.15, 0.2) is 11.6 Å². The second-order valence-electron chi connectivity index (χ2n) is 9.38. The molecule has 5 heteroatoms. The Morgan fingerprint density at radius 1 is 1.19 bits per heavy atom. The topological polar surface area (TPSA) is 74.6 Å². The van der Waals surface area contributed by atoms with Crippen LogP contribution in [-0.2, 0) is 9.59 Å². The lowest BCUT2D eigenvalue weighted by molar-refractivity contribution is -0.134. The molecule has 4 aliphatic carbocycles. The van der Waals surface area contributed by atoms with Gasteiger partial charge in [0.2, 0.25) is 0 Å². The maximum atomic E-state index is 12.6. The van der Waals surface area contributed by atoms with Gasteiger partial charge in [0.15, 0.2) is 0 Å². The zero-order chi connectivity index (χ0) is 18.7. The predicted molar refractivity (Wildman–Crippen MR) is 102 cm³/mol. The number of aliphatic carboxylic acids is 1. The molecule has 2 N–H and O–H groups in total. The normalized spacial score (nSPS) is 47.6. The maximum absolute atomic E-state index is 12.6. The van der Waals surface area contributed by atoms with E-state index in [9.17, 15) is 19.8 Å². The van der Waals surface area contributed by atoms with E-state index in [0.717, 1.165) is 38.5 Å². The van der Waals surface area contributed by atoms with Crippen LogP contribution in [0, 0.1) is 28.6 Å². The second-order valence-corrected chi connectivity index (χ2v) is 10.6. The molecule has 4 aliphatic rings. The molecule has 0 heterocycles. The lowest BCUT2D eigenvalue weighted by atomic mass is 9.48. The molecule has 0 amide bonds. The van der Waals surface area contributed by atoms with Crippen molar-refractivity contribution in [2.75, 3.05) is 5.75 Å². The molecule has 0 aromatic heterocycles. The van der Waals surface area contributed by atoms with E-state index < -0.39 is 5.97 Å². The summed E-state index contributed by atoms with van der Waals surface area (Å²) in [4.78, 5) is 23.8. The Labute approximate surface area is 159 Å². The van der Waals surface area contributed by atoms with Gasteiger partial charge in [0.05, 0.1) is 11.9 Å². The summed E-state index contributed by atoms with van der Waals surface area (Å²) in [6.45, 7) is 4.52. The number of thioether (sulfide) groups is 1. The summed E-state index contributed by atoms with van der Waals surface area (Å²) < 4.78 is 0. The maximum Gasteiger partial charge on any atom is 0.313 e. The van der Waals surface area contributed by atoms with Crippen LogP contribution in [0.3, 0.4) is 0 Å². The first kappa shape index (κ1) is 18.5. The van der Waals surface area contributed by atoms with Gasteiger partial charge >= 0.3 is 5.97 Å². The second kappa shape index (κ2) is 6.37. The highest BCUT2D eigenvalue weighted by molar-refractivity contribution is 8.00. The molecule has 4 unspecified atom stereocenters. The molecule has 3 fully saturated rings. The Bertz CT molecular complexity index is 658. The van der Waals surface area contributed by atoms with Crippen LogP contribution in [0.4, 0.5) is 0 Å². The average molecular weight is 379 g/mol. The van der Waals surface area contributed by atoms with Crippen LogP contribution in [0.25, 0.3) is 0 Å². The molecule has 0 aromatic carbocycles. The molecular formula is C21H30O4S. The van der Waals surface area contributed by atoms with E-state index in [1.807, 2.05) is 0 Å². The van der Waals surface area contributed by atoms with Crippen molar-refractivity contribution in [2.45, 2.75) is 70.1 Å². The number of rotatable bonds is 3. The summed E-state index contributed by atoms with van der Waals surface area (Å²) in [7, 11) is 0. The summed E-state index contributed by atoms with van der Waals surface area (Å²) in [5.41, 5.74) is 1.24. The van der Waals surface area contributed by atoms with Crippen molar-refractivity contribution in [3.05, 3.63) is 11.6 Å². The van der Waals surface area contributed by atoms with Crippen LogP contribution in [0.5, 0.6) is 0 Å². The Balaban J connectivity index is 1.74. The molecule has 0 aromatic rings. The molecular weight excluding hydrogens is 348 g/mol. The van der Waals surface area contributed by atoms with Crippen LogP contribution >= 0.6 is 11.8 Å². The van der Waals surface area contributed by atoms with E-state index in [0.29, 0.717) is 30.0 Å². The Kier molecular flexibility index (Phi) is 4.54. The number of Topliss-reactive ketones (excluding diaryl/α,β-unsaturated/α-hetero) is 1. The van der Waals surface area contributed by atoms with Crippen LogP contribution in [0.1, 0.15) is 58.8 Å². The lowest BCUT2D eigenvalue weighted by Crippen LogP contribution is -2.54. The average Bonchev–Trinajstić information content (AvgIpc) is 2.89. The summed E-state index contributed by atoms with van der Waals surface area (Å²) in [6.07, 6.45) is 8.29. The number of fused-ring (bicyclic) bond motifs is 5. The van der Waals surface area contributed by atoms with Gasteiger partial charge in [-0.25, -0.2) is 0 Å². The predicted octanol–water partition coefficient (Wildman–Crippen LogP) is 3.68. The molecule has 7 atom stereocenters. The number of carbonyl (C=O) groups excluding carboxylic acids is 1. The number of aliphatic hydroxyl groups excluding tert-OH is 1. The number of aliphatic hydroxyl groups is 1. The highest BCUT2D eigenvalue weighted by atomic mass is 32.2. The van der Waals surface area contributed by atoms with Gasteiger partial charge < -0.3 is 10.2 Å². The molecule has 0 spiro atoms. The van der Waals surface area contributed by atoms with Crippen molar-refractivity contribution >= 4 is 23.5 Å². The summed E-state index contributed by atoms with van der Waals surface area (Å²) >= 11 is 1.53. The molecule has 0 bridgehead atoms. The van der Waals surface area contributed by atoms with E-state index in [1.165, 1.54) is 17.3 Å². The fraction of sp³-hybridized carbons (Fsp3) is 0.810. The third kappa shape index (κ3) is 2.69. The molecule has 4 nitrogen and oxygen atoms in total. The van der Waals surface area contributed by atoms with Crippen LogP contribution in [-0.4, -0.2) is 39.1 Å². The molecule has 0 saturated heterocycles. The van der Waals surface area contributed by atoms with Gasteiger partial charge in [0.1, 0.15) is 5.78 Å². The largest absolute Gasteiger partial charge is 0.481 e. The smallest absolute Gasteiger partial charge is 0.313 e. The van der Waals surface area contributed by atoms with Gasteiger partial charge in [-0.1, -0.05) is 25.5 Å². The standard InChI is InChI=1S/C21H30O4S/c1-20-7-5-13(22)9-12(20)10-16(26-11-18(24)25)19-14-3-4-17(23)21(14,2)8-6-15(19)20/h10,13-16,19,22H,3-9,11H2,1-2H3,(H,24,25)/t13-,14?,15?,16?,19?,20-,21-/m0/s1. The molecule has 144 valence electrons. The fourth-order valence-corrected chi connectivity index (χ4v) is 7.90. The molecule has 3 saturated carbocycles. The quantitative estimate of drug-likeness (QED) is 0.733. The van der Waals surface area contributed by atoms with Crippen molar-refractivity contribution in [3.8, 4) is 0 Å². The molecule has 26 heavy (non-hydrogen) atoms. The van der Waals surface area contributed by atoms with Crippen LogP contribution < -0.4 is 0 Å². The van der Waals surface area contributed by atoms with Gasteiger partial charge in [-0.15, -0.1) is 11.8 Å². The molecule has 4 rings (SSSR count). The van der Waals surface area contributed by atoms with E-state index in [4.69, 9.17) is 0 Å². The highest BCUT2D eigenvalue weighted by Crippen LogP contribution is 2.65. The first-order valence-electron chi connectivity index (χ1n) is 10.0. The lowest BCUT2D eigenvalue weighted by Gasteiger charge is -2.58. The van der Waals surface area contributed by atoms with Gasteiger partial charge in [0, 0.05) is 17.1 Å². The van der Waals surface area contributed by atoms with Crippen molar-refractivity contribution in [3.63, 3.8) is 0 Å². The van der Waals surface area contributed by atoms with Gasteiger partial charge in [0.25, 0.3) is 0 Å². The summed E-state index contributed by atoms with van der Waals surface area (Å²) in [6, 6.07) is 0. The van der Waals surface area contributed by atoms with E-state index in [-0.39, 0.29) is 27.9 Å². The minimum absolute atomic E-state index is 0.105. The van der Waals surface area contributed by atoms with Gasteiger partial charge in [-0.2, -0.15) is 0 Å². The van der Waals surface area contributed by atoms with Crippen LogP contribution in [0.2, 0.25) is 0 Å². The molecule has 0 radical (unpaired) electrons. The van der Waals surface area contributed by atoms with Gasteiger partial charge in [-0.3, -0.25) is 9.59 Å². The fourth-order valence-electron chi connectivity index (χ4n) is 6.70. The van der Waals surface area contributed by atoms with E-state index >= 15 is 0 Å². The zero-order valence-corrected chi connectivity index (χ0v) is 16.6. The number of hydrogen-bond donors (Lipinski definition) is 2. The number of carbonyl (C=O) groups is 2. The van der Waals surface area contributed by atoms with Crippen molar-refractivity contribution < 1.29 is 19.8 Å². The van der Waals surface area contributed by atoms with Crippen molar-refractivity contribution in [2.24, 2.45) is 28.6 Å². The third-order valence-corrected chi connectivity index (χ3v) is 9.44. The number of ketones is 1. The minimum atomic E-state index is -0.775. The van der Waals surface area contributed by atoms with E-state index in [2.05, 4.69) is 19.9 Å². The number of carboxylic acid groups (broad SMARTS) is 1. The summed E-state index contributed by atoms with van der Waals surface area (Å²) in [5, 5.41) is 19.6. The first-order chi connectivity index (χ1) is 12.3. The van der Waals surface area contributed by atoms with Gasteiger partial charge in [-0.05, 0) is 61.7 Å². The Morgan fingerprint density at radius 2 is 1.88 bits per heavy atom. The number of hydrogen-bond acceptors (Lipinski definition) is 4. The number of carboxylic acids is 1. The minimum Gasteiger partial charge on any atom is -0.481 e. The first-order valence-corrected chi connectivity index (χ1v) is 11.1. The third-order valence-electron chi connectivity index (χ3n) is 8.19. The summed E-state index contributed by atoms with van der Waals surface area (Å²) in [5.74, 6) is 1.01. The monoisotopic (exact) mass is 378 g/mol. The van der Waals surface area contributed by atoms with E-state index in [1.54, 1.807) is 0 Å². The molecule has 0 aliphatic heterocycles. The van der Waals surface area contributed by atoms with Crippen molar-refractivity contribution in [1.82, 2.24) is 0 Å². The Hall–Kier alpha value is -0.810. The highest BCUT2D eigenvalue weighted by Gasteiger charge is 2.60. The Morgan fingerprint density at radius 3 is 2.62 bits per heavy atom. The zero-order valence-electron chi connectivity index (χ0n) is 15.7. The SMILES string of the molecule is C[C@]12CC[C@H](O)CC1=CC(SCC(=O)O)C1C2CC[C@]2(C)C(=O)CCC12.